The maximum atomic E-state index is 12.6. The number of rotatable bonds is 7. The summed E-state index contributed by atoms with van der Waals surface area (Å²) in [6.07, 6.45) is 5.07. The monoisotopic (exact) mass is 325 g/mol. The summed E-state index contributed by atoms with van der Waals surface area (Å²) >= 11 is 0. The number of pyridine rings is 1. The molecule has 1 aromatic carbocycles. The molecule has 0 radical (unpaired) electrons. The lowest BCUT2D eigenvalue weighted by molar-refractivity contribution is -0.131. The predicted molar refractivity (Wildman–Crippen MR) is 98.3 cm³/mol. The smallest absolute Gasteiger partial charge is 0.227 e. The first-order valence-electron chi connectivity index (χ1n) is 8.57. The van der Waals surface area contributed by atoms with Crippen LogP contribution in [0.5, 0.6) is 0 Å². The van der Waals surface area contributed by atoms with Gasteiger partial charge in [0.05, 0.1) is 11.5 Å². The average Bonchev–Trinajstić information content (AvgIpc) is 2.64. The van der Waals surface area contributed by atoms with E-state index in [1.54, 1.807) is 12.4 Å². The Hall–Kier alpha value is -2.20. The van der Waals surface area contributed by atoms with Crippen molar-refractivity contribution < 1.29 is 4.79 Å². The van der Waals surface area contributed by atoms with Gasteiger partial charge in [0.25, 0.3) is 0 Å². The van der Waals surface area contributed by atoms with E-state index < -0.39 is 5.41 Å². The van der Waals surface area contributed by atoms with E-state index in [4.69, 9.17) is 5.73 Å². The number of nitrogens with zero attached hydrogens (tertiary/aromatic N) is 1. The first-order chi connectivity index (χ1) is 11.6. The normalized spacial score (nSPS) is 12.7. The van der Waals surface area contributed by atoms with Crippen molar-refractivity contribution in [2.24, 2.45) is 11.1 Å². The molecule has 24 heavy (non-hydrogen) atoms. The molecule has 1 aromatic heterocycles. The van der Waals surface area contributed by atoms with Crippen LogP contribution in [0.3, 0.4) is 0 Å². The molecule has 0 aliphatic carbocycles. The van der Waals surface area contributed by atoms with Crippen LogP contribution in [0, 0.1) is 5.41 Å². The molecule has 0 fully saturated rings. The Balaban J connectivity index is 2.10. The van der Waals surface area contributed by atoms with E-state index in [9.17, 15) is 4.79 Å². The van der Waals surface area contributed by atoms with Crippen LogP contribution in [0.4, 0.5) is 0 Å². The summed E-state index contributed by atoms with van der Waals surface area (Å²) in [6, 6.07) is 12.2. The van der Waals surface area contributed by atoms with Crippen molar-refractivity contribution in [2.75, 3.05) is 6.54 Å². The van der Waals surface area contributed by atoms with E-state index in [2.05, 4.69) is 34.6 Å². The molecular formula is C20H27N3O. The van der Waals surface area contributed by atoms with Gasteiger partial charge in [0.2, 0.25) is 5.91 Å². The van der Waals surface area contributed by atoms with Crippen molar-refractivity contribution in [2.45, 2.75) is 39.7 Å². The molecule has 1 amide bonds. The Morgan fingerprint density at radius 2 is 1.62 bits per heavy atom. The van der Waals surface area contributed by atoms with Crippen LogP contribution in [0.25, 0.3) is 11.1 Å². The van der Waals surface area contributed by atoms with Crippen molar-refractivity contribution in [1.29, 1.82) is 0 Å². The number of nitrogens with two attached hydrogens (primary N) is 1. The zero-order valence-electron chi connectivity index (χ0n) is 14.8. The third-order valence-electron chi connectivity index (χ3n) is 5.00. The fourth-order valence-corrected chi connectivity index (χ4v) is 2.89. The van der Waals surface area contributed by atoms with Gasteiger partial charge in [-0.1, -0.05) is 38.1 Å². The first kappa shape index (κ1) is 18.1. The summed E-state index contributed by atoms with van der Waals surface area (Å²) in [5.74, 6) is 0.0423. The Morgan fingerprint density at radius 3 is 2.12 bits per heavy atom. The number of hydrogen-bond acceptors (Lipinski definition) is 3. The maximum absolute atomic E-state index is 12.6. The number of carbonyl (C=O) groups excluding carboxylic acids is 1. The van der Waals surface area contributed by atoms with E-state index in [1.807, 2.05) is 32.9 Å². The van der Waals surface area contributed by atoms with Crippen molar-refractivity contribution in [3.05, 3.63) is 54.4 Å². The molecule has 0 aliphatic rings. The predicted octanol–water partition coefficient (Wildman–Crippen LogP) is 3.69. The van der Waals surface area contributed by atoms with Crippen LogP contribution in [-0.2, 0) is 4.79 Å². The molecule has 0 saturated heterocycles. The highest BCUT2D eigenvalue weighted by atomic mass is 16.2. The molecule has 2 aromatic rings. The quantitative estimate of drug-likeness (QED) is 0.816. The number of hydrogen-bond donors (Lipinski definition) is 2. The summed E-state index contributed by atoms with van der Waals surface area (Å²) in [7, 11) is 0. The van der Waals surface area contributed by atoms with Crippen LogP contribution in [-0.4, -0.2) is 17.4 Å². The fraction of sp³-hybridized carbons (Fsp3) is 0.400. The summed E-state index contributed by atoms with van der Waals surface area (Å²) in [4.78, 5) is 16.7. The molecule has 0 bridgehead atoms. The lowest BCUT2D eigenvalue weighted by Crippen LogP contribution is -2.46. The second kappa shape index (κ2) is 8.06. The molecule has 0 aliphatic heterocycles. The summed E-state index contributed by atoms with van der Waals surface area (Å²) in [6.45, 7) is 6.42. The lowest BCUT2D eigenvalue weighted by Gasteiger charge is -2.30. The van der Waals surface area contributed by atoms with E-state index in [1.165, 1.54) is 0 Å². The summed E-state index contributed by atoms with van der Waals surface area (Å²) < 4.78 is 0. The molecule has 0 saturated carbocycles. The van der Waals surface area contributed by atoms with Gasteiger partial charge in [0, 0.05) is 18.9 Å². The lowest BCUT2D eigenvalue weighted by atomic mass is 9.81. The zero-order chi connectivity index (χ0) is 17.6. The Morgan fingerprint density at radius 1 is 1.08 bits per heavy atom. The Bertz CT molecular complexity index is 640. The van der Waals surface area contributed by atoms with Gasteiger partial charge in [0.15, 0.2) is 0 Å². The number of amides is 1. The third kappa shape index (κ3) is 3.82. The molecule has 128 valence electrons. The van der Waals surface area contributed by atoms with Gasteiger partial charge < -0.3 is 11.1 Å². The molecule has 1 heterocycles. The van der Waals surface area contributed by atoms with Crippen LogP contribution < -0.4 is 11.1 Å². The van der Waals surface area contributed by atoms with Gasteiger partial charge in [-0.2, -0.15) is 0 Å². The first-order valence-corrected chi connectivity index (χ1v) is 8.57. The molecule has 1 unspecified atom stereocenters. The van der Waals surface area contributed by atoms with Crippen molar-refractivity contribution in [1.82, 2.24) is 10.3 Å². The number of nitrogens with one attached hydrogen (secondary N) is 1. The third-order valence-corrected chi connectivity index (χ3v) is 5.00. The van der Waals surface area contributed by atoms with Gasteiger partial charge in [-0.3, -0.25) is 9.78 Å². The molecule has 2 rings (SSSR count). The van der Waals surface area contributed by atoms with E-state index in [-0.39, 0.29) is 11.9 Å². The largest absolute Gasteiger partial charge is 0.349 e. The minimum absolute atomic E-state index is 0.0423. The topological polar surface area (TPSA) is 68.0 Å². The van der Waals surface area contributed by atoms with E-state index >= 15 is 0 Å². The zero-order valence-corrected chi connectivity index (χ0v) is 14.8. The Kier molecular flexibility index (Phi) is 6.10. The molecule has 1 atom stereocenters. The molecular weight excluding hydrogens is 298 g/mol. The molecule has 4 heteroatoms. The minimum atomic E-state index is -0.467. The minimum Gasteiger partial charge on any atom is -0.349 e. The summed E-state index contributed by atoms with van der Waals surface area (Å²) in [5.41, 5.74) is 8.75. The van der Waals surface area contributed by atoms with Crippen LogP contribution in [0.2, 0.25) is 0 Å². The van der Waals surface area contributed by atoms with Crippen LogP contribution in [0.1, 0.15) is 45.2 Å². The summed E-state index contributed by atoms with van der Waals surface area (Å²) in [5, 5.41) is 3.12. The second-order valence-electron chi connectivity index (χ2n) is 6.24. The van der Waals surface area contributed by atoms with Gasteiger partial charge in [-0.25, -0.2) is 0 Å². The van der Waals surface area contributed by atoms with Gasteiger partial charge in [0.1, 0.15) is 0 Å². The standard InChI is InChI=1S/C20H27N3O/c1-4-20(5-2,14-21)19(24)23-15(3)16-6-8-17(9-7-16)18-10-12-22-13-11-18/h6-13,15H,4-5,14,21H2,1-3H3,(H,23,24). The SMILES string of the molecule is CCC(CC)(CN)C(=O)NC(C)c1ccc(-c2ccncc2)cc1. The van der Waals surface area contributed by atoms with Gasteiger partial charge in [-0.15, -0.1) is 0 Å². The molecule has 0 spiro atoms. The van der Waals surface area contributed by atoms with Gasteiger partial charge >= 0.3 is 0 Å². The second-order valence-corrected chi connectivity index (χ2v) is 6.24. The van der Waals surface area contributed by atoms with E-state index in [0.717, 1.165) is 29.5 Å². The fourth-order valence-electron chi connectivity index (χ4n) is 2.89. The highest BCUT2D eigenvalue weighted by Gasteiger charge is 2.33. The van der Waals surface area contributed by atoms with Gasteiger partial charge in [-0.05, 0) is 48.6 Å². The van der Waals surface area contributed by atoms with Crippen LogP contribution in [0.15, 0.2) is 48.8 Å². The number of benzene rings is 1. The van der Waals surface area contributed by atoms with Crippen molar-refractivity contribution in [3.63, 3.8) is 0 Å². The van der Waals surface area contributed by atoms with Crippen molar-refractivity contribution >= 4 is 5.91 Å². The van der Waals surface area contributed by atoms with Crippen LogP contribution >= 0.6 is 0 Å². The molecule has 3 N–H and O–H groups in total. The highest BCUT2D eigenvalue weighted by Crippen LogP contribution is 2.27. The van der Waals surface area contributed by atoms with Crippen molar-refractivity contribution in [3.8, 4) is 11.1 Å². The highest BCUT2D eigenvalue weighted by molar-refractivity contribution is 5.83. The average molecular weight is 325 g/mol. The molecule has 4 nitrogen and oxygen atoms in total. The Labute approximate surface area is 144 Å². The van der Waals surface area contributed by atoms with E-state index in [0.29, 0.717) is 6.54 Å². The number of aromatic nitrogens is 1. The maximum Gasteiger partial charge on any atom is 0.227 e. The number of carbonyl (C=O) groups is 1.